The van der Waals surface area contributed by atoms with Crippen LogP contribution in [0.2, 0.25) is 0 Å². The van der Waals surface area contributed by atoms with Gasteiger partial charge in [-0.3, -0.25) is 4.79 Å². The zero-order valence-corrected chi connectivity index (χ0v) is 11.0. The Morgan fingerprint density at radius 2 is 1.95 bits per heavy atom. The molecule has 0 unspecified atom stereocenters. The van der Waals surface area contributed by atoms with E-state index in [0.29, 0.717) is 19.6 Å². The second-order valence-corrected chi connectivity index (χ2v) is 4.20. The Balaban J connectivity index is 2.22. The van der Waals surface area contributed by atoms with Crippen LogP contribution in [-0.4, -0.2) is 25.7 Å². The molecule has 0 heterocycles. The van der Waals surface area contributed by atoms with Crippen LogP contribution in [0.25, 0.3) is 0 Å². The Labute approximate surface area is 112 Å². The van der Waals surface area contributed by atoms with E-state index in [4.69, 9.17) is 4.74 Å². The third-order valence-electron chi connectivity index (χ3n) is 2.58. The average molecular weight is 271 g/mol. The molecule has 1 N–H and O–H groups in total. The van der Waals surface area contributed by atoms with Crippen LogP contribution in [0.3, 0.4) is 0 Å². The molecule has 3 nitrogen and oxygen atoms in total. The topological polar surface area (TPSA) is 38.3 Å². The summed E-state index contributed by atoms with van der Waals surface area (Å²) in [5.41, 5.74) is 0.116. The van der Waals surface area contributed by atoms with E-state index in [2.05, 4.69) is 12.2 Å². The summed E-state index contributed by atoms with van der Waals surface area (Å²) in [6.45, 7) is 3.85. The first kappa shape index (κ1) is 15.6. The van der Waals surface area contributed by atoms with Crippen molar-refractivity contribution in [1.82, 2.24) is 5.32 Å². The van der Waals surface area contributed by atoms with Crippen LogP contribution in [-0.2, 0) is 4.74 Å². The molecule has 0 saturated carbocycles. The van der Waals surface area contributed by atoms with Crippen molar-refractivity contribution in [3.8, 4) is 0 Å². The molecule has 0 atom stereocenters. The number of hydrogen-bond acceptors (Lipinski definition) is 2. The smallest absolute Gasteiger partial charge is 0.251 e. The molecule has 0 aliphatic heterocycles. The third kappa shape index (κ3) is 5.79. The summed E-state index contributed by atoms with van der Waals surface area (Å²) >= 11 is 0. The molecule has 0 radical (unpaired) electrons. The molecule has 1 rings (SSSR count). The van der Waals surface area contributed by atoms with Crippen molar-refractivity contribution in [2.45, 2.75) is 26.2 Å². The minimum atomic E-state index is -1.02. The summed E-state index contributed by atoms with van der Waals surface area (Å²) in [4.78, 5) is 11.6. The van der Waals surface area contributed by atoms with Gasteiger partial charge in [-0.15, -0.1) is 0 Å². The van der Waals surface area contributed by atoms with Gasteiger partial charge >= 0.3 is 0 Å². The molecule has 106 valence electrons. The Hall–Kier alpha value is -1.49. The van der Waals surface area contributed by atoms with Crippen LogP contribution < -0.4 is 5.32 Å². The Morgan fingerprint density at radius 1 is 1.21 bits per heavy atom. The van der Waals surface area contributed by atoms with Gasteiger partial charge in [0.2, 0.25) is 0 Å². The maximum atomic E-state index is 12.9. The minimum absolute atomic E-state index is 0.116. The van der Waals surface area contributed by atoms with E-state index in [0.717, 1.165) is 31.6 Å². The van der Waals surface area contributed by atoms with Gasteiger partial charge in [0.15, 0.2) is 11.6 Å². The summed E-state index contributed by atoms with van der Waals surface area (Å²) in [5.74, 6) is -2.39. The molecule has 0 aliphatic carbocycles. The lowest BCUT2D eigenvalue weighted by molar-refractivity contribution is 0.0940. The molecule has 5 heteroatoms. The van der Waals surface area contributed by atoms with Crippen LogP contribution in [0.5, 0.6) is 0 Å². The minimum Gasteiger partial charge on any atom is -0.381 e. The van der Waals surface area contributed by atoms with E-state index in [1.54, 1.807) is 0 Å². The van der Waals surface area contributed by atoms with Gasteiger partial charge in [0.1, 0.15) is 0 Å². The van der Waals surface area contributed by atoms with Gasteiger partial charge in [0.05, 0.1) is 0 Å². The summed E-state index contributed by atoms with van der Waals surface area (Å²) in [6, 6.07) is 3.09. The number of benzene rings is 1. The molecule has 1 aromatic rings. The summed E-state index contributed by atoms with van der Waals surface area (Å²) in [5, 5.41) is 2.63. The highest BCUT2D eigenvalue weighted by Gasteiger charge is 2.08. The molecule has 0 aromatic heterocycles. The highest BCUT2D eigenvalue weighted by Crippen LogP contribution is 2.08. The maximum absolute atomic E-state index is 12.9. The molecule has 0 fully saturated rings. The predicted molar refractivity (Wildman–Crippen MR) is 69.0 cm³/mol. The van der Waals surface area contributed by atoms with Gasteiger partial charge in [-0.1, -0.05) is 13.3 Å². The number of carbonyl (C=O) groups is 1. The monoisotopic (exact) mass is 271 g/mol. The third-order valence-corrected chi connectivity index (χ3v) is 2.58. The van der Waals surface area contributed by atoms with Gasteiger partial charge in [0, 0.05) is 25.3 Å². The van der Waals surface area contributed by atoms with Crippen molar-refractivity contribution in [3.63, 3.8) is 0 Å². The van der Waals surface area contributed by atoms with Crippen molar-refractivity contribution >= 4 is 5.91 Å². The fraction of sp³-hybridized carbons (Fsp3) is 0.500. The number of halogens is 2. The van der Waals surface area contributed by atoms with Gasteiger partial charge < -0.3 is 10.1 Å². The van der Waals surface area contributed by atoms with Crippen molar-refractivity contribution < 1.29 is 18.3 Å². The van der Waals surface area contributed by atoms with Crippen LogP contribution in [0.1, 0.15) is 36.5 Å². The largest absolute Gasteiger partial charge is 0.381 e. The molecule has 0 saturated heterocycles. The molecule has 1 amide bonds. The summed E-state index contributed by atoms with van der Waals surface area (Å²) < 4.78 is 31.0. The SMILES string of the molecule is CCCCOCCCNC(=O)c1ccc(F)c(F)c1. The molecule has 0 spiro atoms. The Morgan fingerprint density at radius 3 is 2.63 bits per heavy atom. The van der Waals surface area contributed by atoms with Gasteiger partial charge in [-0.05, 0) is 31.0 Å². The van der Waals surface area contributed by atoms with Crippen LogP contribution >= 0.6 is 0 Å². The highest BCUT2D eigenvalue weighted by atomic mass is 19.2. The van der Waals surface area contributed by atoms with E-state index in [9.17, 15) is 13.6 Å². The second-order valence-electron chi connectivity index (χ2n) is 4.20. The molecule has 1 aromatic carbocycles. The van der Waals surface area contributed by atoms with Crippen LogP contribution in [0.4, 0.5) is 8.78 Å². The number of rotatable bonds is 8. The molecule has 0 aliphatic rings. The predicted octanol–water partition coefficient (Wildman–Crippen LogP) is 2.90. The van der Waals surface area contributed by atoms with E-state index >= 15 is 0 Å². The average Bonchev–Trinajstić information content (AvgIpc) is 2.40. The maximum Gasteiger partial charge on any atom is 0.251 e. The molecule has 19 heavy (non-hydrogen) atoms. The van der Waals surface area contributed by atoms with E-state index in [-0.39, 0.29) is 5.56 Å². The first-order valence-electron chi connectivity index (χ1n) is 6.46. The normalized spacial score (nSPS) is 10.5. The summed E-state index contributed by atoms with van der Waals surface area (Å²) in [7, 11) is 0. The number of unbranched alkanes of at least 4 members (excludes halogenated alkanes) is 1. The standard InChI is InChI=1S/C14H19F2NO2/c1-2-3-8-19-9-4-7-17-14(18)11-5-6-12(15)13(16)10-11/h5-6,10H,2-4,7-9H2,1H3,(H,17,18). The fourth-order valence-corrected chi connectivity index (χ4v) is 1.46. The van der Waals surface area contributed by atoms with Gasteiger partial charge in [0.25, 0.3) is 5.91 Å². The lowest BCUT2D eigenvalue weighted by Crippen LogP contribution is -2.25. The van der Waals surface area contributed by atoms with Crippen LogP contribution in [0, 0.1) is 11.6 Å². The van der Waals surface area contributed by atoms with Crippen molar-refractivity contribution in [2.75, 3.05) is 19.8 Å². The lowest BCUT2D eigenvalue weighted by Gasteiger charge is -2.06. The highest BCUT2D eigenvalue weighted by molar-refractivity contribution is 5.94. The number of nitrogens with one attached hydrogen (secondary N) is 1. The lowest BCUT2D eigenvalue weighted by atomic mass is 10.2. The van der Waals surface area contributed by atoms with E-state index < -0.39 is 17.5 Å². The molecular formula is C14H19F2NO2. The van der Waals surface area contributed by atoms with E-state index in [1.165, 1.54) is 6.07 Å². The van der Waals surface area contributed by atoms with Crippen molar-refractivity contribution in [2.24, 2.45) is 0 Å². The van der Waals surface area contributed by atoms with Gasteiger partial charge in [-0.2, -0.15) is 0 Å². The van der Waals surface area contributed by atoms with Crippen molar-refractivity contribution in [3.05, 3.63) is 35.4 Å². The van der Waals surface area contributed by atoms with Crippen molar-refractivity contribution in [1.29, 1.82) is 0 Å². The van der Waals surface area contributed by atoms with Gasteiger partial charge in [-0.25, -0.2) is 8.78 Å². The van der Waals surface area contributed by atoms with Crippen LogP contribution in [0.15, 0.2) is 18.2 Å². The number of carbonyl (C=O) groups excluding carboxylic acids is 1. The number of amides is 1. The fourth-order valence-electron chi connectivity index (χ4n) is 1.46. The molecule has 0 bridgehead atoms. The first-order valence-corrected chi connectivity index (χ1v) is 6.46. The number of hydrogen-bond donors (Lipinski definition) is 1. The second kappa shape index (κ2) is 8.58. The Bertz CT molecular complexity index is 410. The van der Waals surface area contributed by atoms with E-state index in [1.807, 2.05) is 0 Å². The summed E-state index contributed by atoms with van der Waals surface area (Å²) in [6.07, 6.45) is 2.81. The molecular weight excluding hydrogens is 252 g/mol. The zero-order chi connectivity index (χ0) is 14.1. The first-order chi connectivity index (χ1) is 9.15. The number of ether oxygens (including phenoxy) is 1. The zero-order valence-electron chi connectivity index (χ0n) is 11.0. The quantitative estimate of drug-likeness (QED) is 0.738. The Kier molecular flexibility index (Phi) is 7.03.